The van der Waals surface area contributed by atoms with Crippen LogP contribution in [0, 0.1) is 6.92 Å². The van der Waals surface area contributed by atoms with E-state index in [1.807, 2.05) is 18.6 Å². The van der Waals surface area contributed by atoms with Crippen LogP contribution in [0.3, 0.4) is 0 Å². The molecule has 0 aromatic carbocycles. The molecule has 0 N–H and O–H groups in total. The normalized spacial score (nSPS) is 16.7. The van der Waals surface area contributed by atoms with E-state index in [1.165, 1.54) is 11.1 Å². The lowest BCUT2D eigenvalue weighted by Crippen LogP contribution is -2.48. The van der Waals surface area contributed by atoms with Gasteiger partial charge in [0.05, 0.1) is 12.2 Å². The Hall–Kier alpha value is -1.68. The topological polar surface area (TPSA) is 34.0 Å². The van der Waals surface area contributed by atoms with E-state index in [0.717, 1.165) is 26.1 Å². The maximum Gasteiger partial charge on any atom is 0.0772 e. The number of likely N-dealkylation sites (tertiary alicyclic amines) is 1. The van der Waals surface area contributed by atoms with Crippen molar-refractivity contribution < 1.29 is 0 Å². The van der Waals surface area contributed by atoms with Gasteiger partial charge in [-0.2, -0.15) is 5.10 Å². The molecule has 3 heterocycles. The van der Waals surface area contributed by atoms with Gasteiger partial charge in [0, 0.05) is 38.2 Å². The molecule has 2 aromatic rings. The number of hydrogen-bond donors (Lipinski definition) is 0. The quantitative estimate of drug-likeness (QED) is 0.818. The van der Waals surface area contributed by atoms with E-state index in [2.05, 4.69) is 44.9 Å². The Balaban J connectivity index is 1.46. The average Bonchev–Trinajstić information content (AvgIpc) is 2.75. The van der Waals surface area contributed by atoms with Crippen molar-refractivity contribution in [3.05, 3.63) is 48.0 Å². The second-order valence-electron chi connectivity index (χ2n) is 5.02. The summed E-state index contributed by atoms with van der Waals surface area (Å²) in [6.45, 7) is 5.45. The smallest absolute Gasteiger partial charge is 0.0772 e. The van der Waals surface area contributed by atoms with Gasteiger partial charge < -0.3 is 0 Å². The van der Waals surface area contributed by atoms with Crippen molar-refractivity contribution in [1.29, 1.82) is 0 Å². The first-order chi connectivity index (χ1) is 8.81. The first-order valence-electron chi connectivity index (χ1n) is 6.43. The molecule has 4 nitrogen and oxygen atoms in total. The largest absolute Gasteiger partial charge is 0.299 e. The third kappa shape index (κ3) is 2.43. The fraction of sp³-hybridized carbons (Fsp3) is 0.429. The molecule has 1 aliphatic heterocycles. The highest BCUT2D eigenvalue weighted by Crippen LogP contribution is 2.20. The van der Waals surface area contributed by atoms with Gasteiger partial charge in [0.1, 0.15) is 0 Å². The van der Waals surface area contributed by atoms with Crippen LogP contribution in [0.2, 0.25) is 0 Å². The molecule has 0 spiro atoms. The molecule has 18 heavy (non-hydrogen) atoms. The molecular formula is C14H18N4. The van der Waals surface area contributed by atoms with E-state index >= 15 is 0 Å². The predicted octanol–water partition coefficient (Wildman–Crippen LogP) is 1.69. The molecule has 0 saturated carbocycles. The zero-order chi connectivity index (χ0) is 12.4. The van der Waals surface area contributed by atoms with Gasteiger partial charge in [-0.05, 0) is 36.6 Å². The summed E-state index contributed by atoms with van der Waals surface area (Å²) in [6, 6.07) is 4.75. The number of aryl methyl sites for hydroxylation is 1. The zero-order valence-corrected chi connectivity index (χ0v) is 10.7. The maximum atomic E-state index is 4.37. The monoisotopic (exact) mass is 242 g/mol. The Bertz CT molecular complexity index is 500. The lowest BCUT2D eigenvalue weighted by Gasteiger charge is -2.39. The van der Waals surface area contributed by atoms with E-state index < -0.39 is 0 Å². The highest BCUT2D eigenvalue weighted by molar-refractivity contribution is 5.10. The standard InChI is InChI=1S/C14H18N4/c1-12-8-16-18(9-12)14-10-17(11-14)7-4-13-2-5-15-6-3-13/h2-3,5-6,8-9,14H,4,7,10-11H2,1H3. The minimum Gasteiger partial charge on any atom is -0.299 e. The van der Waals surface area contributed by atoms with Crippen molar-refractivity contribution in [2.24, 2.45) is 0 Å². The Morgan fingerprint density at radius 3 is 2.72 bits per heavy atom. The predicted molar refractivity (Wildman–Crippen MR) is 70.4 cm³/mol. The molecule has 0 radical (unpaired) electrons. The minimum absolute atomic E-state index is 0.566. The van der Waals surface area contributed by atoms with Crippen LogP contribution in [0.25, 0.3) is 0 Å². The fourth-order valence-electron chi connectivity index (χ4n) is 2.36. The van der Waals surface area contributed by atoms with Gasteiger partial charge in [0.25, 0.3) is 0 Å². The number of hydrogen-bond acceptors (Lipinski definition) is 3. The summed E-state index contributed by atoms with van der Waals surface area (Å²) in [6.07, 6.45) is 8.89. The molecule has 1 aliphatic rings. The Kier molecular flexibility index (Phi) is 3.11. The van der Waals surface area contributed by atoms with Gasteiger partial charge in [-0.3, -0.25) is 14.6 Å². The van der Waals surface area contributed by atoms with E-state index in [0.29, 0.717) is 6.04 Å². The highest BCUT2D eigenvalue weighted by Gasteiger charge is 2.27. The van der Waals surface area contributed by atoms with Crippen LogP contribution in [-0.4, -0.2) is 39.3 Å². The molecule has 2 aromatic heterocycles. The Labute approximate surface area is 107 Å². The van der Waals surface area contributed by atoms with Gasteiger partial charge >= 0.3 is 0 Å². The van der Waals surface area contributed by atoms with Crippen molar-refractivity contribution in [2.75, 3.05) is 19.6 Å². The van der Waals surface area contributed by atoms with E-state index in [9.17, 15) is 0 Å². The molecule has 0 bridgehead atoms. The van der Waals surface area contributed by atoms with Crippen molar-refractivity contribution >= 4 is 0 Å². The van der Waals surface area contributed by atoms with Gasteiger partial charge in [0.15, 0.2) is 0 Å². The van der Waals surface area contributed by atoms with Crippen LogP contribution in [0.15, 0.2) is 36.9 Å². The Morgan fingerprint density at radius 2 is 2.06 bits per heavy atom. The number of rotatable bonds is 4. The lowest BCUT2D eigenvalue weighted by molar-refractivity contribution is 0.100. The number of nitrogens with zero attached hydrogens (tertiary/aromatic N) is 4. The molecule has 1 saturated heterocycles. The van der Waals surface area contributed by atoms with Crippen LogP contribution in [0.5, 0.6) is 0 Å². The van der Waals surface area contributed by atoms with Crippen molar-refractivity contribution in [2.45, 2.75) is 19.4 Å². The van der Waals surface area contributed by atoms with Crippen LogP contribution in [0.1, 0.15) is 17.2 Å². The summed E-state index contributed by atoms with van der Waals surface area (Å²) in [5, 5.41) is 4.37. The minimum atomic E-state index is 0.566. The van der Waals surface area contributed by atoms with Crippen LogP contribution >= 0.6 is 0 Å². The average molecular weight is 242 g/mol. The molecule has 0 unspecified atom stereocenters. The third-order valence-electron chi connectivity index (χ3n) is 3.51. The first-order valence-corrected chi connectivity index (χ1v) is 6.43. The van der Waals surface area contributed by atoms with Gasteiger partial charge in [-0.15, -0.1) is 0 Å². The van der Waals surface area contributed by atoms with E-state index in [4.69, 9.17) is 0 Å². The molecular weight excluding hydrogens is 224 g/mol. The summed E-state index contributed by atoms with van der Waals surface area (Å²) < 4.78 is 2.10. The highest BCUT2D eigenvalue weighted by atomic mass is 15.4. The maximum absolute atomic E-state index is 4.37. The summed E-state index contributed by atoms with van der Waals surface area (Å²) >= 11 is 0. The van der Waals surface area contributed by atoms with Crippen LogP contribution < -0.4 is 0 Å². The molecule has 0 atom stereocenters. The van der Waals surface area contributed by atoms with Gasteiger partial charge in [-0.25, -0.2) is 0 Å². The first kappa shape index (κ1) is 11.4. The molecule has 94 valence electrons. The third-order valence-corrected chi connectivity index (χ3v) is 3.51. The van der Waals surface area contributed by atoms with Crippen LogP contribution in [-0.2, 0) is 6.42 Å². The SMILES string of the molecule is Cc1cnn(C2CN(CCc3ccncc3)C2)c1. The van der Waals surface area contributed by atoms with Crippen molar-refractivity contribution in [3.63, 3.8) is 0 Å². The van der Waals surface area contributed by atoms with Crippen molar-refractivity contribution in [3.8, 4) is 0 Å². The van der Waals surface area contributed by atoms with Gasteiger partial charge in [0.2, 0.25) is 0 Å². The summed E-state index contributed by atoms with van der Waals surface area (Å²) in [5.41, 5.74) is 2.61. The zero-order valence-electron chi connectivity index (χ0n) is 10.7. The summed E-state index contributed by atoms with van der Waals surface area (Å²) in [5.74, 6) is 0. The second kappa shape index (κ2) is 4.90. The molecule has 1 fully saturated rings. The summed E-state index contributed by atoms with van der Waals surface area (Å²) in [7, 11) is 0. The molecule has 0 amide bonds. The molecule has 4 heteroatoms. The molecule has 3 rings (SSSR count). The second-order valence-corrected chi connectivity index (χ2v) is 5.02. The van der Waals surface area contributed by atoms with Crippen LogP contribution in [0.4, 0.5) is 0 Å². The Morgan fingerprint density at radius 1 is 1.28 bits per heavy atom. The number of pyridine rings is 1. The molecule has 0 aliphatic carbocycles. The fourth-order valence-corrected chi connectivity index (χ4v) is 2.36. The van der Waals surface area contributed by atoms with E-state index in [-0.39, 0.29) is 0 Å². The number of aromatic nitrogens is 3. The van der Waals surface area contributed by atoms with E-state index in [1.54, 1.807) is 0 Å². The lowest BCUT2D eigenvalue weighted by atomic mass is 10.1. The summed E-state index contributed by atoms with van der Waals surface area (Å²) in [4.78, 5) is 6.51. The van der Waals surface area contributed by atoms with Crippen molar-refractivity contribution in [1.82, 2.24) is 19.7 Å². The van der Waals surface area contributed by atoms with Gasteiger partial charge in [-0.1, -0.05) is 0 Å².